The van der Waals surface area contributed by atoms with Crippen molar-refractivity contribution in [3.8, 4) is 0 Å². The second-order valence-corrected chi connectivity index (χ2v) is 8.89. The predicted molar refractivity (Wildman–Crippen MR) is 125 cm³/mol. The highest BCUT2D eigenvalue weighted by atomic mass is 35.5. The molecule has 0 bridgehead atoms. The number of pyridine rings is 1. The van der Waals surface area contributed by atoms with Gasteiger partial charge < -0.3 is 10.4 Å². The van der Waals surface area contributed by atoms with Crippen LogP contribution in [-0.4, -0.2) is 37.6 Å². The van der Waals surface area contributed by atoms with E-state index < -0.39 is 15.6 Å². The van der Waals surface area contributed by atoms with E-state index in [1.165, 1.54) is 0 Å². The number of halogens is 2. The molecule has 164 valence electrons. The number of nitrogens with one attached hydrogen (secondary N) is 2. The van der Waals surface area contributed by atoms with Crippen LogP contribution in [0.4, 0.5) is 0 Å². The van der Waals surface area contributed by atoms with Crippen LogP contribution < -0.4 is 10.0 Å². The molecule has 2 atom stereocenters. The Morgan fingerprint density at radius 1 is 1.07 bits per heavy atom. The molecule has 9 heteroatoms. The first-order chi connectivity index (χ1) is 13.3. The third-order valence-corrected chi connectivity index (χ3v) is 6.18. The number of nitrogens with zero attached hydrogens (tertiary/aromatic N) is 1. The smallest absolute Gasteiger partial charge is 0.240 e. The molecule has 0 saturated carbocycles. The van der Waals surface area contributed by atoms with Crippen molar-refractivity contribution in [2.24, 2.45) is 0 Å². The molecule has 2 unspecified atom stereocenters. The Morgan fingerprint density at radius 2 is 1.77 bits per heavy atom. The first-order valence-electron chi connectivity index (χ1n) is 9.13. The lowest BCUT2D eigenvalue weighted by molar-refractivity contribution is 0.0568. The molecular formula is C21H27Cl2N3O3S. The Kier molecular flexibility index (Phi) is 9.68. The standard InChI is InChI=1S/C21H25N3O3S.2ClH/c1-16(13-23-15-21(2,25)19-6-4-3-5-7-19)24-28(26,27)20-9-8-18-14-22-11-10-17(18)12-20;;/h3-12,14,16,23-25H,13,15H2,1-2H3;2*1H. The second kappa shape index (κ2) is 11.0. The maximum atomic E-state index is 12.7. The van der Waals surface area contributed by atoms with E-state index in [0.717, 1.165) is 16.3 Å². The van der Waals surface area contributed by atoms with Gasteiger partial charge in [-0.1, -0.05) is 36.4 Å². The number of fused-ring (bicyclic) bond motifs is 1. The quantitative estimate of drug-likeness (QED) is 0.468. The number of aromatic nitrogens is 1. The van der Waals surface area contributed by atoms with Gasteiger partial charge in [0.05, 0.1) is 10.5 Å². The highest BCUT2D eigenvalue weighted by Crippen LogP contribution is 2.20. The molecule has 1 aromatic heterocycles. The molecule has 0 aliphatic carbocycles. The van der Waals surface area contributed by atoms with Crippen molar-refractivity contribution in [3.05, 3.63) is 72.6 Å². The summed E-state index contributed by atoms with van der Waals surface area (Å²) in [5.41, 5.74) is -0.229. The van der Waals surface area contributed by atoms with Gasteiger partial charge in [-0.25, -0.2) is 13.1 Å². The van der Waals surface area contributed by atoms with Crippen molar-refractivity contribution in [2.75, 3.05) is 13.1 Å². The molecule has 0 amide bonds. The summed E-state index contributed by atoms with van der Waals surface area (Å²) in [5.74, 6) is 0. The van der Waals surface area contributed by atoms with Crippen LogP contribution in [0, 0.1) is 0 Å². The molecule has 2 aromatic carbocycles. The van der Waals surface area contributed by atoms with Crippen LogP contribution in [0.25, 0.3) is 10.8 Å². The summed E-state index contributed by atoms with van der Waals surface area (Å²) in [6, 6.07) is 15.8. The Labute approximate surface area is 190 Å². The minimum Gasteiger partial charge on any atom is -0.384 e. The van der Waals surface area contributed by atoms with Crippen LogP contribution in [0.3, 0.4) is 0 Å². The molecular weight excluding hydrogens is 445 g/mol. The van der Waals surface area contributed by atoms with Crippen molar-refractivity contribution in [3.63, 3.8) is 0 Å². The van der Waals surface area contributed by atoms with Gasteiger partial charge in [0.25, 0.3) is 0 Å². The summed E-state index contributed by atoms with van der Waals surface area (Å²) >= 11 is 0. The Hall–Kier alpha value is -1.74. The lowest BCUT2D eigenvalue weighted by Gasteiger charge is -2.25. The fourth-order valence-electron chi connectivity index (χ4n) is 3.03. The topological polar surface area (TPSA) is 91.3 Å². The van der Waals surface area contributed by atoms with E-state index in [-0.39, 0.29) is 35.8 Å². The van der Waals surface area contributed by atoms with E-state index in [1.807, 2.05) is 30.3 Å². The van der Waals surface area contributed by atoms with Crippen LogP contribution in [0.5, 0.6) is 0 Å². The SMILES string of the molecule is CC(CNCC(C)(O)c1ccccc1)NS(=O)(=O)c1ccc2cnccc2c1.Cl.Cl. The Morgan fingerprint density at radius 3 is 2.47 bits per heavy atom. The van der Waals surface area contributed by atoms with Gasteiger partial charge in [-0.3, -0.25) is 4.98 Å². The molecule has 0 aliphatic rings. The Bertz CT molecular complexity index is 1050. The van der Waals surface area contributed by atoms with Crippen molar-refractivity contribution >= 4 is 45.6 Å². The first-order valence-corrected chi connectivity index (χ1v) is 10.6. The fourth-order valence-corrected chi connectivity index (χ4v) is 4.31. The number of aliphatic hydroxyl groups is 1. The first kappa shape index (κ1) is 26.3. The zero-order valence-electron chi connectivity index (χ0n) is 16.8. The molecule has 0 radical (unpaired) electrons. The van der Waals surface area contributed by atoms with Crippen LogP contribution in [0.1, 0.15) is 19.4 Å². The lowest BCUT2D eigenvalue weighted by Crippen LogP contribution is -2.44. The normalized spacial score (nSPS) is 14.2. The van der Waals surface area contributed by atoms with E-state index in [1.54, 1.807) is 50.5 Å². The maximum absolute atomic E-state index is 12.7. The third kappa shape index (κ3) is 6.63. The summed E-state index contributed by atoms with van der Waals surface area (Å²) in [6.45, 7) is 4.21. The zero-order valence-corrected chi connectivity index (χ0v) is 19.2. The largest absolute Gasteiger partial charge is 0.384 e. The Balaban J connectivity index is 0.00000225. The highest BCUT2D eigenvalue weighted by Gasteiger charge is 2.23. The van der Waals surface area contributed by atoms with Gasteiger partial charge in [-0.05, 0) is 43.0 Å². The summed E-state index contributed by atoms with van der Waals surface area (Å²) in [6.07, 6.45) is 3.33. The van der Waals surface area contributed by atoms with Gasteiger partial charge in [0.15, 0.2) is 0 Å². The summed E-state index contributed by atoms with van der Waals surface area (Å²) < 4.78 is 28.0. The molecule has 3 N–H and O–H groups in total. The highest BCUT2D eigenvalue weighted by molar-refractivity contribution is 7.89. The van der Waals surface area contributed by atoms with E-state index in [0.29, 0.717) is 13.1 Å². The minimum absolute atomic E-state index is 0. The summed E-state index contributed by atoms with van der Waals surface area (Å²) in [5, 5.41) is 15.5. The van der Waals surface area contributed by atoms with Crippen molar-refractivity contribution in [1.82, 2.24) is 15.0 Å². The fraction of sp³-hybridized carbons (Fsp3) is 0.286. The molecule has 6 nitrogen and oxygen atoms in total. The average Bonchev–Trinajstić information content (AvgIpc) is 2.67. The van der Waals surface area contributed by atoms with Gasteiger partial charge in [0, 0.05) is 36.9 Å². The van der Waals surface area contributed by atoms with Gasteiger partial charge in [-0.15, -0.1) is 24.8 Å². The number of hydrogen-bond acceptors (Lipinski definition) is 5. The van der Waals surface area contributed by atoms with Gasteiger partial charge in [0.2, 0.25) is 10.0 Å². The van der Waals surface area contributed by atoms with Gasteiger partial charge in [0.1, 0.15) is 0 Å². The van der Waals surface area contributed by atoms with E-state index in [2.05, 4.69) is 15.0 Å². The molecule has 3 aromatic rings. The molecule has 0 aliphatic heterocycles. The van der Waals surface area contributed by atoms with Crippen LogP contribution in [-0.2, 0) is 15.6 Å². The number of benzene rings is 2. The van der Waals surface area contributed by atoms with E-state index in [9.17, 15) is 13.5 Å². The predicted octanol–water partition coefficient (Wildman–Crippen LogP) is 3.24. The molecule has 0 spiro atoms. The van der Waals surface area contributed by atoms with Gasteiger partial charge >= 0.3 is 0 Å². The molecule has 3 rings (SSSR count). The summed E-state index contributed by atoms with van der Waals surface area (Å²) in [4.78, 5) is 4.25. The monoisotopic (exact) mass is 471 g/mol. The molecule has 1 heterocycles. The van der Waals surface area contributed by atoms with Crippen molar-refractivity contribution in [1.29, 1.82) is 0 Å². The van der Waals surface area contributed by atoms with Crippen molar-refractivity contribution in [2.45, 2.75) is 30.4 Å². The van der Waals surface area contributed by atoms with E-state index in [4.69, 9.17) is 0 Å². The van der Waals surface area contributed by atoms with Crippen LogP contribution in [0.15, 0.2) is 71.9 Å². The van der Waals surface area contributed by atoms with Crippen LogP contribution in [0.2, 0.25) is 0 Å². The minimum atomic E-state index is -3.64. The molecule has 30 heavy (non-hydrogen) atoms. The third-order valence-electron chi connectivity index (χ3n) is 4.59. The molecule has 0 fully saturated rings. The van der Waals surface area contributed by atoms with Crippen LogP contribution >= 0.6 is 24.8 Å². The number of hydrogen-bond donors (Lipinski definition) is 3. The zero-order chi connectivity index (χ0) is 20.2. The van der Waals surface area contributed by atoms with Gasteiger partial charge in [-0.2, -0.15) is 0 Å². The number of rotatable bonds is 8. The average molecular weight is 472 g/mol. The summed E-state index contributed by atoms with van der Waals surface area (Å²) in [7, 11) is -3.64. The van der Waals surface area contributed by atoms with Crippen molar-refractivity contribution < 1.29 is 13.5 Å². The molecule has 0 saturated heterocycles. The number of sulfonamides is 1. The lowest BCUT2D eigenvalue weighted by atomic mass is 9.96. The van der Waals surface area contributed by atoms with E-state index >= 15 is 0 Å². The second-order valence-electron chi connectivity index (χ2n) is 7.18. The maximum Gasteiger partial charge on any atom is 0.240 e.